The largest absolute Gasteiger partial charge is 0.378 e. The molecule has 1 aliphatic carbocycles. The minimum atomic E-state index is -0.744. The van der Waals surface area contributed by atoms with Crippen molar-refractivity contribution in [1.82, 2.24) is 14.5 Å². The van der Waals surface area contributed by atoms with Gasteiger partial charge in [-0.3, -0.25) is 4.98 Å². The Morgan fingerprint density at radius 2 is 2.11 bits per heavy atom. The summed E-state index contributed by atoms with van der Waals surface area (Å²) >= 11 is 0. The fourth-order valence-electron chi connectivity index (χ4n) is 4.89. The molecule has 2 unspecified atom stereocenters. The van der Waals surface area contributed by atoms with Crippen molar-refractivity contribution in [3.63, 3.8) is 0 Å². The highest BCUT2D eigenvalue weighted by molar-refractivity contribution is 6.03. The van der Waals surface area contributed by atoms with E-state index in [9.17, 15) is 9.65 Å². The van der Waals surface area contributed by atoms with Gasteiger partial charge in [-0.15, -0.1) is 0 Å². The molecule has 144 valence electrons. The van der Waals surface area contributed by atoms with E-state index in [1.54, 1.807) is 6.07 Å². The molecule has 5 nitrogen and oxygen atoms in total. The molecule has 2 aromatic heterocycles. The maximum Gasteiger partial charge on any atom is 0.113 e. The number of ether oxygens (including phenoxy) is 1. The van der Waals surface area contributed by atoms with E-state index >= 15 is 0 Å². The fraction of sp³-hybridized carbons (Fsp3) is 0.500. The van der Waals surface area contributed by atoms with Crippen molar-refractivity contribution >= 4 is 21.9 Å². The van der Waals surface area contributed by atoms with Crippen molar-refractivity contribution in [3.8, 4) is 6.07 Å². The van der Waals surface area contributed by atoms with E-state index in [-0.39, 0.29) is 18.1 Å². The molecule has 1 saturated carbocycles. The number of pyridine rings is 1. The second-order valence-corrected chi connectivity index (χ2v) is 8.14. The van der Waals surface area contributed by atoms with Crippen LogP contribution >= 0.6 is 0 Å². The van der Waals surface area contributed by atoms with Crippen LogP contribution in [0.3, 0.4) is 0 Å². The second-order valence-electron chi connectivity index (χ2n) is 8.14. The molecule has 3 heterocycles. The lowest BCUT2D eigenvalue weighted by Crippen LogP contribution is -2.27. The van der Waals surface area contributed by atoms with Crippen LogP contribution in [0.5, 0.6) is 0 Å². The van der Waals surface area contributed by atoms with Gasteiger partial charge in [0, 0.05) is 24.0 Å². The van der Waals surface area contributed by atoms with Crippen LogP contribution in [0.15, 0.2) is 24.4 Å². The number of hydrogen-bond acceptors (Lipinski definition) is 4. The maximum absolute atomic E-state index is 14.0. The van der Waals surface area contributed by atoms with Gasteiger partial charge in [-0.2, -0.15) is 5.26 Å². The molecule has 4 atom stereocenters. The molecule has 0 radical (unpaired) electrons. The molecule has 1 aromatic carbocycles. The van der Waals surface area contributed by atoms with Crippen LogP contribution in [0.1, 0.15) is 62.4 Å². The van der Waals surface area contributed by atoms with E-state index in [2.05, 4.69) is 22.5 Å². The number of halogens is 1. The average molecular weight is 378 g/mol. The number of alkyl halides is 1. The molecule has 0 bridgehead atoms. The van der Waals surface area contributed by atoms with Gasteiger partial charge in [-0.05, 0) is 57.2 Å². The number of nitriles is 1. The highest BCUT2D eigenvalue weighted by atomic mass is 19.1. The Kier molecular flexibility index (Phi) is 4.28. The number of fused-ring (bicyclic) bond motifs is 3. The van der Waals surface area contributed by atoms with Crippen molar-refractivity contribution in [2.75, 3.05) is 6.61 Å². The average Bonchev–Trinajstić information content (AvgIpc) is 3.31. The summed E-state index contributed by atoms with van der Waals surface area (Å²) in [5, 5.41) is 10.3. The van der Waals surface area contributed by atoms with E-state index in [0.717, 1.165) is 47.0 Å². The third kappa shape index (κ3) is 2.85. The Labute approximate surface area is 163 Å². The van der Waals surface area contributed by atoms with Crippen LogP contribution in [0.4, 0.5) is 4.39 Å². The second kappa shape index (κ2) is 6.82. The third-order valence-corrected chi connectivity index (χ3v) is 6.23. The number of nitrogens with zero attached hydrogens (tertiary/aromatic N) is 4. The molecule has 2 aliphatic rings. The van der Waals surface area contributed by atoms with Crippen molar-refractivity contribution in [2.24, 2.45) is 0 Å². The smallest absolute Gasteiger partial charge is 0.113 e. The molecular weight excluding hydrogens is 355 g/mol. The first-order valence-electron chi connectivity index (χ1n) is 10.1. The Morgan fingerprint density at radius 3 is 2.86 bits per heavy atom. The van der Waals surface area contributed by atoms with Gasteiger partial charge in [0.1, 0.15) is 17.5 Å². The predicted molar refractivity (Wildman–Crippen MR) is 105 cm³/mol. The van der Waals surface area contributed by atoms with Gasteiger partial charge in [0.25, 0.3) is 0 Å². The van der Waals surface area contributed by atoms with E-state index in [1.807, 2.05) is 18.3 Å². The van der Waals surface area contributed by atoms with Gasteiger partial charge in [-0.1, -0.05) is 0 Å². The zero-order valence-corrected chi connectivity index (χ0v) is 15.9. The Bertz CT molecular complexity index is 1090. The first-order chi connectivity index (χ1) is 13.6. The number of aromatic nitrogens is 3. The summed E-state index contributed by atoms with van der Waals surface area (Å²) < 4.78 is 22.1. The van der Waals surface area contributed by atoms with Crippen LogP contribution < -0.4 is 0 Å². The minimum Gasteiger partial charge on any atom is -0.378 e. The fourth-order valence-corrected chi connectivity index (χ4v) is 4.89. The Balaban J connectivity index is 1.77. The van der Waals surface area contributed by atoms with Crippen LogP contribution in [-0.2, 0) is 4.74 Å². The summed E-state index contributed by atoms with van der Waals surface area (Å²) in [5.74, 6) is 1.11. The van der Waals surface area contributed by atoms with Gasteiger partial charge < -0.3 is 9.30 Å². The van der Waals surface area contributed by atoms with Gasteiger partial charge in [0.2, 0.25) is 0 Å². The molecule has 0 N–H and O–H groups in total. The lowest BCUT2D eigenvalue weighted by Gasteiger charge is -2.31. The summed E-state index contributed by atoms with van der Waals surface area (Å²) in [7, 11) is 0. The monoisotopic (exact) mass is 378 g/mol. The molecule has 5 rings (SSSR count). The number of rotatable bonds is 2. The predicted octanol–water partition coefficient (Wildman–Crippen LogP) is 4.80. The Morgan fingerprint density at radius 1 is 1.21 bits per heavy atom. The lowest BCUT2D eigenvalue weighted by atomic mass is 10.0. The summed E-state index contributed by atoms with van der Waals surface area (Å²) in [5.41, 5.74) is 3.33. The summed E-state index contributed by atoms with van der Waals surface area (Å²) in [6, 6.07) is 8.09. The van der Waals surface area contributed by atoms with Crippen LogP contribution in [0.25, 0.3) is 21.9 Å². The topological polar surface area (TPSA) is 63.7 Å². The SMILES string of the molecule is C[C@@H]1C[C@H](n2c(C3CCC(F)C3)nc3cnc4ccc(C#N)cc4c32)CCO1. The molecule has 3 aromatic rings. The van der Waals surface area contributed by atoms with Crippen LogP contribution in [-0.4, -0.2) is 33.4 Å². The number of benzene rings is 1. The Hall–Kier alpha value is -2.52. The van der Waals surface area contributed by atoms with E-state index < -0.39 is 6.17 Å². The summed E-state index contributed by atoms with van der Waals surface area (Å²) in [4.78, 5) is 9.50. The zero-order chi connectivity index (χ0) is 19.3. The van der Waals surface area contributed by atoms with Crippen molar-refractivity contribution < 1.29 is 9.13 Å². The number of hydrogen-bond donors (Lipinski definition) is 0. The maximum atomic E-state index is 14.0. The van der Waals surface area contributed by atoms with Crippen molar-refractivity contribution in [2.45, 2.75) is 63.3 Å². The standard InChI is InChI=1S/C22H23FN4O/c1-13-8-17(6-7-28-13)27-21-18-9-14(11-24)2-5-19(18)25-12-20(21)26-22(27)15-3-4-16(23)10-15/h2,5,9,12-13,15-17H,3-4,6-8,10H2,1H3/t13-,15?,16?,17-/m1/s1. The molecule has 2 fully saturated rings. The van der Waals surface area contributed by atoms with E-state index in [4.69, 9.17) is 9.72 Å². The van der Waals surface area contributed by atoms with Gasteiger partial charge >= 0.3 is 0 Å². The van der Waals surface area contributed by atoms with E-state index in [0.29, 0.717) is 25.0 Å². The summed E-state index contributed by atoms with van der Waals surface area (Å²) in [6.07, 6.45) is 5.05. The van der Waals surface area contributed by atoms with Gasteiger partial charge in [-0.25, -0.2) is 9.37 Å². The molecule has 0 amide bonds. The first kappa shape index (κ1) is 17.6. The highest BCUT2D eigenvalue weighted by Crippen LogP contribution is 2.41. The van der Waals surface area contributed by atoms with Crippen molar-refractivity contribution in [3.05, 3.63) is 35.8 Å². The van der Waals surface area contributed by atoms with Crippen molar-refractivity contribution in [1.29, 1.82) is 5.26 Å². The van der Waals surface area contributed by atoms with Gasteiger partial charge in [0.15, 0.2) is 0 Å². The molecule has 1 saturated heterocycles. The molecular formula is C22H23FN4O. The molecule has 28 heavy (non-hydrogen) atoms. The lowest BCUT2D eigenvalue weighted by molar-refractivity contribution is 0.00605. The van der Waals surface area contributed by atoms with Crippen LogP contribution in [0.2, 0.25) is 0 Å². The quantitative estimate of drug-likeness (QED) is 0.642. The van der Waals surface area contributed by atoms with Crippen LogP contribution in [0, 0.1) is 11.3 Å². The first-order valence-corrected chi connectivity index (χ1v) is 10.1. The zero-order valence-electron chi connectivity index (χ0n) is 15.9. The summed E-state index contributed by atoms with van der Waals surface area (Å²) in [6.45, 7) is 2.82. The normalized spacial score (nSPS) is 28.0. The molecule has 1 aliphatic heterocycles. The highest BCUT2D eigenvalue weighted by Gasteiger charge is 2.33. The van der Waals surface area contributed by atoms with Gasteiger partial charge in [0.05, 0.1) is 35.0 Å². The molecule has 0 spiro atoms. The minimum absolute atomic E-state index is 0.134. The van der Waals surface area contributed by atoms with E-state index in [1.165, 1.54) is 0 Å². The molecule has 6 heteroatoms. The number of imidazole rings is 1. The third-order valence-electron chi connectivity index (χ3n) is 6.23.